The summed E-state index contributed by atoms with van der Waals surface area (Å²) < 4.78 is 15.9. The predicted molar refractivity (Wildman–Crippen MR) is 107 cm³/mol. The van der Waals surface area contributed by atoms with Crippen LogP contribution >= 0.6 is 0 Å². The molecule has 0 bridgehead atoms. The zero-order chi connectivity index (χ0) is 20.8. The second kappa shape index (κ2) is 11.4. The Labute approximate surface area is 216 Å². The minimum atomic E-state index is -0.383. The number of anilines is 1. The SMILES string of the molecule is Cc1cncc(C(=O)Nc2ccc(F)c(C(C)N[C-]=CN=c3cnn(C)[cH-]3)c2)c1.[K+]. The van der Waals surface area contributed by atoms with Gasteiger partial charge in [-0.2, -0.15) is 0 Å². The van der Waals surface area contributed by atoms with Gasteiger partial charge in [0, 0.05) is 36.7 Å². The molecule has 30 heavy (non-hydrogen) atoms. The number of nitrogens with zero attached hydrogens (tertiary/aromatic N) is 4. The summed E-state index contributed by atoms with van der Waals surface area (Å²) in [5.41, 5.74) is 2.21. The van der Waals surface area contributed by atoms with Gasteiger partial charge in [-0.05, 0) is 43.7 Å². The molecule has 7 nitrogen and oxygen atoms in total. The Kier molecular flexibility index (Phi) is 9.19. The number of pyridine rings is 1. The summed E-state index contributed by atoms with van der Waals surface area (Å²) in [5.74, 6) is -0.688. The summed E-state index contributed by atoms with van der Waals surface area (Å²) in [7, 11) is 1.80. The van der Waals surface area contributed by atoms with E-state index >= 15 is 0 Å². The van der Waals surface area contributed by atoms with Crippen LogP contribution < -0.4 is 67.4 Å². The van der Waals surface area contributed by atoms with E-state index in [0.29, 0.717) is 22.2 Å². The van der Waals surface area contributed by atoms with Crippen molar-refractivity contribution in [3.63, 3.8) is 0 Å². The van der Waals surface area contributed by atoms with Crippen molar-refractivity contribution in [3.8, 4) is 0 Å². The second-order valence-corrected chi connectivity index (χ2v) is 6.58. The van der Waals surface area contributed by atoms with Crippen LogP contribution in [0.1, 0.15) is 34.5 Å². The van der Waals surface area contributed by atoms with Crippen LogP contribution in [0.4, 0.5) is 10.1 Å². The number of hydrogen-bond acceptors (Lipinski definition) is 5. The van der Waals surface area contributed by atoms with E-state index < -0.39 is 0 Å². The summed E-state index contributed by atoms with van der Waals surface area (Å²) in [6, 6.07) is 5.79. The van der Waals surface area contributed by atoms with E-state index in [1.165, 1.54) is 24.5 Å². The zero-order valence-corrected chi connectivity index (χ0v) is 20.5. The second-order valence-electron chi connectivity index (χ2n) is 6.58. The molecule has 1 atom stereocenters. The first kappa shape index (κ1) is 24.2. The van der Waals surface area contributed by atoms with E-state index in [2.05, 4.69) is 31.9 Å². The molecule has 0 radical (unpaired) electrons. The van der Waals surface area contributed by atoms with Crippen molar-refractivity contribution in [1.29, 1.82) is 0 Å². The van der Waals surface area contributed by atoms with Gasteiger partial charge < -0.3 is 26.5 Å². The molecular formula is C21H21FKN6O-. The topological polar surface area (TPSA) is 84.2 Å². The molecule has 2 aromatic heterocycles. The fraction of sp³-hybridized carbons (Fsp3) is 0.190. The molecule has 2 heterocycles. The fourth-order valence-electron chi connectivity index (χ4n) is 2.66. The van der Waals surface area contributed by atoms with Crippen LogP contribution in [-0.4, -0.2) is 20.7 Å². The Morgan fingerprint density at radius 2 is 2.13 bits per heavy atom. The van der Waals surface area contributed by atoms with Crippen molar-refractivity contribution in [2.24, 2.45) is 12.0 Å². The maximum atomic E-state index is 14.3. The van der Waals surface area contributed by atoms with Crippen LogP contribution in [0.2, 0.25) is 0 Å². The van der Waals surface area contributed by atoms with E-state index in [9.17, 15) is 9.18 Å². The van der Waals surface area contributed by atoms with E-state index in [-0.39, 0.29) is 69.2 Å². The van der Waals surface area contributed by atoms with Gasteiger partial charge in [0.15, 0.2) is 0 Å². The molecule has 0 aliphatic heterocycles. The van der Waals surface area contributed by atoms with Crippen molar-refractivity contribution in [2.75, 3.05) is 5.32 Å². The van der Waals surface area contributed by atoms with E-state index in [0.717, 1.165) is 5.56 Å². The van der Waals surface area contributed by atoms with Crippen molar-refractivity contribution >= 4 is 11.6 Å². The minimum Gasteiger partial charge on any atom is -0.560 e. The molecule has 0 aliphatic rings. The van der Waals surface area contributed by atoms with Crippen LogP contribution in [0.25, 0.3) is 0 Å². The summed E-state index contributed by atoms with van der Waals surface area (Å²) in [4.78, 5) is 20.6. The molecule has 1 amide bonds. The first-order valence-electron chi connectivity index (χ1n) is 8.97. The Hall–Kier alpha value is -2.04. The molecule has 150 valence electrons. The molecule has 3 rings (SSSR count). The normalized spacial score (nSPS) is 12.5. The van der Waals surface area contributed by atoms with Crippen LogP contribution in [0.15, 0.2) is 60.2 Å². The number of nitrogens with one attached hydrogen (secondary N) is 2. The summed E-state index contributed by atoms with van der Waals surface area (Å²) in [6.45, 7) is 3.65. The monoisotopic (exact) mass is 431 g/mol. The van der Waals surface area contributed by atoms with Gasteiger partial charge in [0.25, 0.3) is 5.91 Å². The van der Waals surface area contributed by atoms with Crippen LogP contribution in [0.5, 0.6) is 0 Å². The van der Waals surface area contributed by atoms with Gasteiger partial charge in [-0.25, -0.2) is 4.39 Å². The predicted octanol–water partition coefficient (Wildman–Crippen LogP) is -0.236. The Balaban J connectivity index is 0.00000320. The molecule has 0 saturated heterocycles. The smallest absolute Gasteiger partial charge is 0.560 e. The molecule has 3 aromatic rings. The standard InChI is InChI=1S/C21H21FN6O.K/c1-14-8-16(11-23-10-14)21(29)27-17-4-5-20(22)19(9-17)15(2)24-6-7-25-18-12-26-28(3)13-18;/h4-5,7-13,15,24H,1-3H3,(H,27,29);/q-2;+1. The largest absolute Gasteiger partial charge is 1.00 e. The number of hydrogen-bond donors (Lipinski definition) is 2. The fourth-order valence-corrected chi connectivity index (χ4v) is 2.66. The maximum absolute atomic E-state index is 14.3. The van der Waals surface area contributed by atoms with Gasteiger partial charge in [-0.1, -0.05) is 17.8 Å². The Morgan fingerprint density at radius 1 is 1.33 bits per heavy atom. The number of aryl methyl sites for hydroxylation is 2. The quantitative estimate of drug-likeness (QED) is 0.321. The van der Waals surface area contributed by atoms with Crippen LogP contribution in [-0.2, 0) is 7.05 Å². The van der Waals surface area contributed by atoms with Crippen molar-refractivity contribution < 1.29 is 60.6 Å². The van der Waals surface area contributed by atoms with Gasteiger partial charge in [0.2, 0.25) is 0 Å². The zero-order valence-electron chi connectivity index (χ0n) is 17.3. The van der Waals surface area contributed by atoms with Gasteiger partial charge >= 0.3 is 51.4 Å². The number of aromatic nitrogens is 3. The van der Waals surface area contributed by atoms with Crippen LogP contribution in [0.3, 0.4) is 0 Å². The molecule has 1 unspecified atom stereocenters. The number of amides is 1. The molecular weight excluding hydrogens is 410 g/mol. The third-order valence-corrected chi connectivity index (χ3v) is 4.13. The van der Waals surface area contributed by atoms with Gasteiger partial charge in [-0.15, -0.1) is 6.20 Å². The summed E-state index contributed by atoms with van der Waals surface area (Å²) >= 11 is 0. The average molecular weight is 432 g/mol. The number of rotatable bonds is 6. The average Bonchev–Trinajstić information content (AvgIpc) is 3.11. The molecule has 0 spiro atoms. The molecule has 0 aliphatic carbocycles. The third-order valence-electron chi connectivity index (χ3n) is 4.13. The van der Waals surface area contributed by atoms with Crippen molar-refractivity contribution in [1.82, 2.24) is 20.1 Å². The number of benzene rings is 1. The summed E-state index contributed by atoms with van der Waals surface area (Å²) in [6.07, 6.45) is 10.8. The maximum Gasteiger partial charge on any atom is 1.00 e. The van der Waals surface area contributed by atoms with Crippen molar-refractivity contribution in [3.05, 3.63) is 89.3 Å². The van der Waals surface area contributed by atoms with E-state index in [1.54, 1.807) is 49.4 Å². The van der Waals surface area contributed by atoms with E-state index in [1.807, 2.05) is 6.92 Å². The van der Waals surface area contributed by atoms with Gasteiger partial charge in [0.1, 0.15) is 5.82 Å². The molecule has 9 heteroatoms. The number of halogens is 1. The molecule has 0 fully saturated rings. The first-order valence-corrected chi connectivity index (χ1v) is 8.97. The van der Waals surface area contributed by atoms with Gasteiger partial charge in [0.05, 0.1) is 5.56 Å². The number of carbonyl (C=O) groups is 1. The van der Waals surface area contributed by atoms with Gasteiger partial charge in [-0.3, -0.25) is 14.9 Å². The minimum absolute atomic E-state index is 0. The van der Waals surface area contributed by atoms with E-state index in [4.69, 9.17) is 0 Å². The Morgan fingerprint density at radius 3 is 2.83 bits per heavy atom. The first-order chi connectivity index (χ1) is 13.9. The Bertz CT molecular complexity index is 1100. The number of carbonyl (C=O) groups excluding carboxylic acids is 1. The summed E-state index contributed by atoms with van der Waals surface area (Å²) in [5, 5.41) is 10.4. The molecule has 1 aromatic carbocycles. The van der Waals surface area contributed by atoms with Crippen molar-refractivity contribution in [2.45, 2.75) is 19.9 Å². The molecule has 0 saturated carbocycles. The third kappa shape index (κ3) is 6.75. The molecule has 2 N–H and O–H groups in total. The van der Waals surface area contributed by atoms with Crippen LogP contribution in [0, 0.1) is 18.9 Å².